The molecule has 0 aliphatic heterocycles. The van der Waals surface area contributed by atoms with E-state index in [0.717, 1.165) is 24.6 Å². The standard InChI is InChI=1S/C17H19F3N4O/c1-10(9-25)21-16-23-14(11-6-7-11)8-15(24-16)22-13-5-3-2-4-12(13)17(18,19)20/h2-5,8,10-11,25H,6-7,9H2,1H3,(H2,21,22,23,24)/t10-/m1/s1. The predicted molar refractivity (Wildman–Crippen MR) is 88.9 cm³/mol. The molecule has 3 N–H and O–H groups in total. The van der Waals surface area contributed by atoms with Gasteiger partial charge in [-0.2, -0.15) is 18.2 Å². The van der Waals surface area contributed by atoms with Crippen LogP contribution in [-0.2, 0) is 6.18 Å². The van der Waals surface area contributed by atoms with Crippen molar-refractivity contribution in [3.8, 4) is 0 Å². The Morgan fingerprint density at radius 2 is 1.96 bits per heavy atom. The van der Waals surface area contributed by atoms with Crippen LogP contribution in [0.4, 0.5) is 30.6 Å². The molecule has 0 radical (unpaired) electrons. The lowest BCUT2D eigenvalue weighted by Gasteiger charge is -2.16. The van der Waals surface area contributed by atoms with E-state index in [1.807, 2.05) is 0 Å². The van der Waals surface area contributed by atoms with E-state index in [4.69, 9.17) is 5.11 Å². The van der Waals surface area contributed by atoms with Gasteiger partial charge in [0.05, 0.1) is 23.6 Å². The first-order valence-corrected chi connectivity index (χ1v) is 8.06. The fourth-order valence-electron chi connectivity index (χ4n) is 2.43. The van der Waals surface area contributed by atoms with E-state index < -0.39 is 11.7 Å². The van der Waals surface area contributed by atoms with Crippen LogP contribution in [0.3, 0.4) is 0 Å². The van der Waals surface area contributed by atoms with Crippen LogP contribution >= 0.6 is 0 Å². The summed E-state index contributed by atoms with van der Waals surface area (Å²) in [6, 6.07) is 6.70. The average Bonchev–Trinajstić information content (AvgIpc) is 3.39. The Labute approximate surface area is 143 Å². The fourth-order valence-corrected chi connectivity index (χ4v) is 2.43. The summed E-state index contributed by atoms with van der Waals surface area (Å²) < 4.78 is 39.5. The van der Waals surface area contributed by atoms with E-state index in [9.17, 15) is 13.2 Å². The first kappa shape index (κ1) is 17.5. The summed E-state index contributed by atoms with van der Waals surface area (Å²) in [6.07, 6.45) is -2.45. The number of halogens is 3. The molecule has 0 unspecified atom stereocenters. The lowest BCUT2D eigenvalue weighted by Crippen LogP contribution is -2.21. The Balaban J connectivity index is 1.92. The zero-order valence-corrected chi connectivity index (χ0v) is 13.6. The SMILES string of the molecule is C[C@H](CO)Nc1nc(Nc2ccccc2C(F)(F)F)cc(C2CC2)n1. The predicted octanol–water partition coefficient (Wildman–Crippen LogP) is 3.91. The Kier molecular flexibility index (Phi) is 4.80. The molecule has 1 aromatic heterocycles. The quantitative estimate of drug-likeness (QED) is 0.735. The van der Waals surface area contributed by atoms with Gasteiger partial charge < -0.3 is 15.7 Å². The van der Waals surface area contributed by atoms with Gasteiger partial charge in [-0.05, 0) is 31.9 Å². The van der Waals surface area contributed by atoms with Gasteiger partial charge in [0.25, 0.3) is 0 Å². The third-order valence-electron chi connectivity index (χ3n) is 3.89. The minimum Gasteiger partial charge on any atom is -0.394 e. The number of nitrogens with one attached hydrogen (secondary N) is 2. The van der Waals surface area contributed by atoms with E-state index >= 15 is 0 Å². The van der Waals surface area contributed by atoms with E-state index in [-0.39, 0.29) is 24.3 Å². The van der Waals surface area contributed by atoms with E-state index in [1.165, 1.54) is 18.2 Å². The molecule has 134 valence electrons. The van der Waals surface area contributed by atoms with Crippen molar-refractivity contribution in [1.29, 1.82) is 0 Å². The number of benzene rings is 1. The maximum Gasteiger partial charge on any atom is 0.418 e. The van der Waals surface area contributed by atoms with Crippen molar-refractivity contribution >= 4 is 17.5 Å². The normalized spacial score (nSPS) is 15.7. The molecule has 0 spiro atoms. The first-order valence-electron chi connectivity index (χ1n) is 8.06. The Morgan fingerprint density at radius 1 is 1.24 bits per heavy atom. The van der Waals surface area contributed by atoms with Crippen molar-refractivity contribution in [1.82, 2.24) is 9.97 Å². The van der Waals surface area contributed by atoms with Gasteiger partial charge in [-0.15, -0.1) is 0 Å². The summed E-state index contributed by atoms with van der Waals surface area (Å²) in [7, 11) is 0. The van der Waals surface area contributed by atoms with Crippen LogP contribution in [0, 0.1) is 0 Å². The molecule has 0 amide bonds. The summed E-state index contributed by atoms with van der Waals surface area (Å²) >= 11 is 0. The van der Waals surface area contributed by atoms with Crippen molar-refractivity contribution < 1.29 is 18.3 Å². The van der Waals surface area contributed by atoms with Crippen LogP contribution < -0.4 is 10.6 Å². The van der Waals surface area contributed by atoms with Gasteiger partial charge in [0.15, 0.2) is 0 Å². The molecule has 25 heavy (non-hydrogen) atoms. The minimum absolute atomic E-state index is 0.0587. The molecule has 8 heteroatoms. The van der Waals surface area contributed by atoms with Crippen LogP contribution in [0.15, 0.2) is 30.3 Å². The number of hydrogen-bond acceptors (Lipinski definition) is 5. The number of aliphatic hydroxyl groups is 1. The second-order valence-electron chi connectivity index (χ2n) is 6.17. The summed E-state index contributed by atoms with van der Waals surface area (Å²) in [5.74, 6) is 0.894. The van der Waals surface area contributed by atoms with Crippen LogP contribution in [0.5, 0.6) is 0 Å². The van der Waals surface area contributed by atoms with Gasteiger partial charge in [0, 0.05) is 18.0 Å². The molecule has 1 atom stereocenters. The highest BCUT2D eigenvalue weighted by Gasteiger charge is 2.33. The minimum atomic E-state index is -4.46. The number of alkyl halides is 3. The van der Waals surface area contributed by atoms with Crippen molar-refractivity contribution in [3.05, 3.63) is 41.6 Å². The third-order valence-corrected chi connectivity index (χ3v) is 3.89. The molecule has 1 fully saturated rings. The molecular formula is C17H19F3N4O. The number of hydrogen-bond donors (Lipinski definition) is 3. The summed E-state index contributed by atoms with van der Waals surface area (Å²) in [5.41, 5.74) is -0.0222. The number of rotatable bonds is 6. The van der Waals surface area contributed by atoms with Crippen molar-refractivity contribution in [2.24, 2.45) is 0 Å². The monoisotopic (exact) mass is 352 g/mol. The van der Waals surface area contributed by atoms with Crippen LogP contribution in [-0.4, -0.2) is 27.7 Å². The Bertz CT molecular complexity index is 747. The maximum atomic E-state index is 13.2. The zero-order chi connectivity index (χ0) is 18.0. The van der Waals surface area contributed by atoms with Crippen molar-refractivity contribution in [2.45, 2.75) is 37.9 Å². The second-order valence-corrected chi connectivity index (χ2v) is 6.17. The fraction of sp³-hybridized carbons (Fsp3) is 0.412. The summed E-state index contributed by atoms with van der Waals surface area (Å²) in [4.78, 5) is 8.64. The molecule has 1 aromatic carbocycles. The number of nitrogens with zero attached hydrogens (tertiary/aromatic N) is 2. The number of aromatic nitrogens is 2. The molecule has 2 aromatic rings. The van der Waals surface area contributed by atoms with Gasteiger partial charge >= 0.3 is 6.18 Å². The lowest BCUT2D eigenvalue weighted by atomic mass is 10.1. The number of anilines is 3. The second kappa shape index (κ2) is 6.87. The van der Waals surface area contributed by atoms with Gasteiger partial charge in [0.1, 0.15) is 5.82 Å². The van der Waals surface area contributed by atoms with Crippen LogP contribution in [0.1, 0.15) is 36.9 Å². The molecular weight excluding hydrogens is 333 g/mol. The molecule has 0 saturated heterocycles. The van der Waals surface area contributed by atoms with Gasteiger partial charge in [-0.3, -0.25) is 0 Å². The molecule has 1 saturated carbocycles. The molecule has 3 rings (SSSR count). The molecule has 5 nitrogen and oxygen atoms in total. The van der Waals surface area contributed by atoms with Gasteiger partial charge in [-0.1, -0.05) is 12.1 Å². The highest BCUT2D eigenvalue weighted by Crippen LogP contribution is 2.41. The smallest absolute Gasteiger partial charge is 0.394 e. The number of para-hydroxylation sites is 1. The van der Waals surface area contributed by atoms with Crippen molar-refractivity contribution in [3.63, 3.8) is 0 Å². The first-order chi connectivity index (χ1) is 11.9. The molecule has 1 aliphatic rings. The van der Waals surface area contributed by atoms with E-state index in [2.05, 4.69) is 20.6 Å². The Hall–Kier alpha value is -2.35. The topological polar surface area (TPSA) is 70.1 Å². The average molecular weight is 352 g/mol. The van der Waals surface area contributed by atoms with Crippen molar-refractivity contribution in [2.75, 3.05) is 17.2 Å². The maximum absolute atomic E-state index is 13.2. The number of aliphatic hydroxyl groups excluding tert-OH is 1. The largest absolute Gasteiger partial charge is 0.418 e. The zero-order valence-electron chi connectivity index (χ0n) is 13.6. The molecule has 0 bridgehead atoms. The van der Waals surface area contributed by atoms with E-state index in [1.54, 1.807) is 13.0 Å². The molecule has 1 heterocycles. The third kappa shape index (κ3) is 4.39. The van der Waals surface area contributed by atoms with Crippen LogP contribution in [0.2, 0.25) is 0 Å². The highest BCUT2D eigenvalue weighted by molar-refractivity contribution is 5.62. The Morgan fingerprint density at radius 3 is 2.60 bits per heavy atom. The lowest BCUT2D eigenvalue weighted by molar-refractivity contribution is -0.136. The van der Waals surface area contributed by atoms with Crippen LogP contribution in [0.25, 0.3) is 0 Å². The summed E-state index contributed by atoms with van der Waals surface area (Å²) in [5, 5.41) is 14.9. The molecule has 1 aliphatic carbocycles. The van der Waals surface area contributed by atoms with Gasteiger partial charge in [0.2, 0.25) is 5.95 Å². The summed E-state index contributed by atoms with van der Waals surface area (Å²) in [6.45, 7) is 1.66. The van der Waals surface area contributed by atoms with Gasteiger partial charge in [-0.25, -0.2) is 4.98 Å². The van der Waals surface area contributed by atoms with E-state index in [0.29, 0.717) is 11.7 Å². The highest BCUT2D eigenvalue weighted by atomic mass is 19.4.